The number of phenolic OH excluding ortho intramolecular Hbond substituents is 2. The highest BCUT2D eigenvalue weighted by molar-refractivity contribution is 5.95. The van der Waals surface area contributed by atoms with E-state index < -0.39 is 0 Å². The third-order valence-electron chi connectivity index (χ3n) is 4.73. The van der Waals surface area contributed by atoms with Gasteiger partial charge in [-0.3, -0.25) is 4.79 Å². The molecule has 4 nitrogen and oxygen atoms in total. The summed E-state index contributed by atoms with van der Waals surface area (Å²) in [5.74, 6) is 1.19. The lowest BCUT2D eigenvalue weighted by molar-refractivity contribution is 0.0520. The van der Waals surface area contributed by atoms with E-state index in [-0.39, 0.29) is 17.4 Å². The van der Waals surface area contributed by atoms with Crippen molar-refractivity contribution in [2.45, 2.75) is 32.1 Å². The molecular weight excluding hydrogens is 254 g/mol. The maximum absolute atomic E-state index is 12.5. The molecule has 108 valence electrons. The first-order valence-corrected chi connectivity index (χ1v) is 7.46. The molecule has 2 atom stereocenters. The van der Waals surface area contributed by atoms with E-state index in [1.54, 1.807) is 0 Å². The molecule has 0 radical (unpaired) electrons. The van der Waals surface area contributed by atoms with E-state index >= 15 is 0 Å². The monoisotopic (exact) mass is 275 g/mol. The van der Waals surface area contributed by atoms with Crippen LogP contribution in [0.25, 0.3) is 0 Å². The molecule has 20 heavy (non-hydrogen) atoms. The number of benzene rings is 1. The van der Waals surface area contributed by atoms with Crippen LogP contribution >= 0.6 is 0 Å². The Labute approximate surface area is 119 Å². The summed E-state index contributed by atoms with van der Waals surface area (Å²) in [6.45, 7) is 1.61. The summed E-state index contributed by atoms with van der Waals surface area (Å²) in [6, 6.07) is 4.09. The predicted molar refractivity (Wildman–Crippen MR) is 75.7 cm³/mol. The van der Waals surface area contributed by atoms with Crippen molar-refractivity contribution in [3.05, 3.63) is 23.8 Å². The van der Waals surface area contributed by atoms with Crippen molar-refractivity contribution in [1.29, 1.82) is 0 Å². The van der Waals surface area contributed by atoms with Crippen molar-refractivity contribution in [3.63, 3.8) is 0 Å². The summed E-state index contributed by atoms with van der Waals surface area (Å²) in [5, 5.41) is 19.0. The predicted octanol–water partition coefficient (Wildman–Crippen LogP) is 2.75. The van der Waals surface area contributed by atoms with E-state index in [9.17, 15) is 15.0 Å². The molecule has 1 aromatic carbocycles. The van der Waals surface area contributed by atoms with Gasteiger partial charge in [-0.15, -0.1) is 0 Å². The van der Waals surface area contributed by atoms with E-state index in [4.69, 9.17) is 0 Å². The van der Waals surface area contributed by atoms with Crippen molar-refractivity contribution in [3.8, 4) is 11.5 Å². The lowest BCUT2D eigenvalue weighted by Gasteiger charge is -2.41. The van der Waals surface area contributed by atoms with Gasteiger partial charge in [-0.2, -0.15) is 0 Å². The number of hydrogen-bond acceptors (Lipinski definition) is 3. The second-order valence-corrected chi connectivity index (χ2v) is 6.08. The van der Waals surface area contributed by atoms with Gasteiger partial charge in [0, 0.05) is 24.7 Å². The molecule has 2 unspecified atom stereocenters. The number of amides is 1. The summed E-state index contributed by atoms with van der Waals surface area (Å²) in [7, 11) is 0. The van der Waals surface area contributed by atoms with Crippen LogP contribution < -0.4 is 0 Å². The lowest BCUT2D eigenvalue weighted by Crippen LogP contribution is -2.44. The highest BCUT2D eigenvalue weighted by Gasteiger charge is 2.33. The summed E-state index contributed by atoms with van der Waals surface area (Å²) in [6.07, 6.45) is 6.21. The fourth-order valence-corrected chi connectivity index (χ4v) is 3.69. The van der Waals surface area contributed by atoms with E-state index in [1.165, 1.54) is 43.9 Å². The topological polar surface area (TPSA) is 60.8 Å². The van der Waals surface area contributed by atoms with Gasteiger partial charge in [0.05, 0.1) is 0 Å². The number of piperidine rings is 1. The maximum atomic E-state index is 12.5. The molecule has 1 amide bonds. The quantitative estimate of drug-likeness (QED) is 0.828. The van der Waals surface area contributed by atoms with Crippen LogP contribution in [0.4, 0.5) is 0 Å². The van der Waals surface area contributed by atoms with Crippen molar-refractivity contribution >= 4 is 5.91 Å². The highest BCUT2D eigenvalue weighted by Crippen LogP contribution is 2.36. The zero-order chi connectivity index (χ0) is 14.1. The number of hydrogen-bond donors (Lipinski definition) is 2. The molecule has 0 spiro atoms. The second kappa shape index (κ2) is 5.35. The van der Waals surface area contributed by atoms with Crippen molar-refractivity contribution in [2.75, 3.05) is 13.1 Å². The molecule has 2 fully saturated rings. The average Bonchev–Trinajstić information content (AvgIpc) is 2.45. The van der Waals surface area contributed by atoms with Gasteiger partial charge in [0.25, 0.3) is 5.91 Å². The average molecular weight is 275 g/mol. The number of rotatable bonds is 1. The third kappa shape index (κ3) is 2.60. The van der Waals surface area contributed by atoms with E-state index in [1.807, 2.05) is 4.90 Å². The van der Waals surface area contributed by atoms with Gasteiger partial charge in [-0.25, -0.2) is 0 Å². The summed E-state index contributed by atoms with van der Waals surface area (Å²) in [4.78, 5) is 14.4. The van der Waals surface area contributed by atoms with Crippen LogP contribution in [-0.4, -0.2) is 34.1 Å². The standard InChI is InChI=1S/C16H21NO3/c18-14-7-13(8-15(19)9-14)16(20)17-6-5-11-3-1-2-4-12(11)10-17/h7-9,11-12,18-19H,1-6,10H2. The lowest BCUT2D eigenvalue weighted by atomic mass is 9.75. The first-order valence-electron chi connectivity index (χ1n) is 7.46. The zero-order valence-electron chi connectivity index (χ0n) is 11.6. The molecule has 0 bridgehead atoms. The third-order valence-corrected chi connectivity index (χ3v) is 4.73. The Morgan fingerprint density at radius 2 is 1.65 bits per heavy atom. The van der Waals surface area contributed by atoms with Crippen LogP contribution in [-0.2, 0) is 0 Å². The van der Waals surface area contributed by atoms with Gasteiger partial charge in [0.15, 0.2) is 0 Å². The Morgan fingerprint density at radius 3 is 2.35 bits per heavy atom. The molecule has 2 aliphatic rings. The Morgan fingerprint density at radius 1 is 1.00 bits per heavy atom. The molecule has 1 aliphatic heterocycles. The van der Waals surface area contributed by atoms with Gasteiger partial charge >= 0.3 is 0 Å². The number of carbonyl (C=O) groups is 1. The highest BCUT2D eigenvalue weighted by atomic mass is 16.3. The molecule has 1 saturated carbocycles. The SMILES string of the molecule is O=C(c1cc(O)cc(O)c1)N1CCC2CCCCC2C1. The first kappa shape index (κ1) is 13.3. The summed E-state index contributed by atoms with van der Waals surface area (Å²) in [5.41, 5.74) is 0.372. The number of nitrogens with zero attached hydrogens (tertiary/aromatic N) is 1. The zero-order valence-corrected chi connectivity index (χ0v) is 11.6. The summed E-state index contributed by atoms with van der Waals surface area (Å²) >= 11 is 0. The van der Waals surface area contributed by atoms with Gasteiger partial charge in [-0.1, -0.05) is 19.3 Å². The maximum Gasteiger partial charge on any atom is 0.254 e. The molecule has 2 N–H and O–H groups in total. The Kier molecular flexibility index (Phi) is 3.55. The fourth-order valence-electron chi connectivity index (χ4n) is 3.69. The van der Waals surface area contributed by atoms with Crippen LogP contribution in [0.5, 0.6) is 11.5 Å². The minimum Gasteiger partial charge on any atom is -0.508 e. The first-order chi connectivity index (χ1) is 9.63. The van der Waals surface area contributed by atoms with Crippen molar-refractivity contribution in [1.82, 2.24) is 4.90 Å². The number of aromatic hydroxyl groups is 2. The normalized spacial score (nSPS) is 26.1. The molecule has 0 aromatic heterocycles. The van der Waals surface area contributed by atoms with E-state index in [2.05, 4.69) is 0 Å². The number of carbonyl (C=O) groups excluding carboxylic acids is 1. The molecule has 1 heterocycles. The Hall–Kier alpha value is -1.71. The molecule has 3 rings (SSSR count). The van der Waals surface area contributed by atoms with Crippen LogP contribution in [0.2, 0.25) is 0 Å². The molecule has 4 heteroatoms. The molecule has 1 aromatic rings. The van der Waals surface area contributed by atoms with Crippen LogP contribution in [0.3, 0.4) is 0 Å². The minimum atomic E-state index is -0.0831. The number of phenols is 2. The second-order valence-electron chi connectivity index (χ2n) is 6.08. The minimum absolute atomic E-state index is 0.0686. The van der Waals surface area contributed by atoms with E-state index in [0.29, 0.717) is 11.5 Å². The molecule has 1 aliphatic carbocycles. The molecular formula is C16H21NO3. The number of fused-ring (bicyclic) bond motifs is 1. The Balaban J connectivity index is 1.74. The summed E-state index contributed by atoms with van der Waals surface area (Å²) < 4.78 is 0. The van der Waals surface area contributed by atoms with Crippen molar-refractivity contribution < 1.29 is 15.0 Å². The smallest absolute Gasteiger partial charge is 0.254 e. The van der Waals surface area contributed by atoms with E-state index in [0.717, 1.165) is 25.4 Å². The van der Waals surface area contributed by atoms with Crippen molar-refractivity contribution in [2.24, 2.45) is 11.8 Å². The van der Waals surface area contributed by atoms with Gasteiger partial charge in [0.1, 0.15) is 11.5 Å². The van der Waals surface area contributed by atoms with Crippen LogP contribution in [0.15, 0.2) is 18.2 Å². The van der Waals surface area contributed by atoms with Gasteiger partial charge in [0.2, 0.25) is 0 Å². The van der Waals surface area contributed by atoms with Gasteiger partial charge in [-0.05, 0) is 36.8 Å². The fraction of sp³-hybridized carbons (Fsp3) is 0.562. The molecule has 1 saturated heterocycles. The van der Waals surface area contributed by atoms with Crippen LogP contribution in [0, 0.1) is 11.8 Å². The Bertz CT molecular complexity index is 494. The number of likely N-dealkylation sites (tertiary alicyclic amines) is 1. The largest absolute Gasteiger partial charge is 0.508 e. The van der Waals surface area contributed by atoms with Crippen LogP contribution in [0.1, 0.15) is 42.5 Å². The van der Waals surface area contributed by atoms with Gasteiger partial charge < -0.3 is 15.1 Å².